The van der Waals surface area contributed by atoms with Gasteiger partial charge in [-0.05, 0) is 24.3 Å². The highest BCUT2D eigenvalue weighted by molar-refractivity contribution is 7.09. The Hall–Kier alpha value is -0.410. The van der Waals surface area contributed by atoms with Crippen molar-refractivity contribution >= 4 is 11.3 Å². The molecule has 0 aliphatic heterocycles. The first-order valence-electron chi connectivity index (χ1n) is 5.69. The van der Waals surface area contributed by atoms with Crippen LogP contribution >= 0.6 is 11.3 Å². The van der Waals surface area contributed by atoms with Gasteiger partial charge in [-0.15, -0.1) is 11.3 Å². The number of nitrogens with zero attached hydrogens (tertiary/aromatic N) is 1. The third-order valence-electron chi connectivity index (χ3n) is 2.84. The maximum atomic E-state index is 5.76. The molecule has 2 N–H and O–H groups in total. The van der Waals surface area contributed by atoms with Crippen molar-refractivity contribution < 1.29 is 0 Å². The van der Waals surface area contributed by atoms with E-state index in [4.69, 9.17) is 5.73 Å². The molecule has 1 unspecified atom stereocenters. The number of hydrogen-bond donors (Lipinski definition) is 1. The second kappa shape index (κ2) is 5.61. The Morgan fingerprint density at radius 1 is 1.33 bits per heavy atom. The lowest BCUT2D eigenvalue weighted by Gasteiger charge is -2.16. The summed E-state index contributed by atoms with van der Waals surface area (Å²) >= 11 is 1.77. The van der Waals surface area contributed by atoms with Gasteiger partial charge >= 0.3 is 0 Å². The van der Waals surface area contributed by atoms with Gasteiger partial charge in [-0.1, -0.05) is 27.7 Å². The average Bonchev–Trinajstić information content (AvgIpc) is 2.61. The van der Waals surface area contributed by atoms with Crippen molar-refractivity contribution in [1.29, 1.82) is 0 Å². The van der Waals surface area contributed by atoms with E-state index in [2.05, 4.69) is 38.1 Å². The van der Waals surface area contributed by atoms with Crippen LogP contribution in [0.1, 0.15) is 44.3 Å². The van der Waals surface area contributed by atoms with Gasteiger partial charge in [-0.3, -0.25) is 0 Å². The van der Waals surface area contributed by atoms with Gasteiger partial charge in [0.05, 0.1) is 10.7 Å². The second-order valence-corrected chi connectivity index (χ2v) is 5.71. The van der Waals surface area contributed by atoms with Crippen LogP contribution in [0.4, 0.5) is 0 Å². The second-order valence-electron chi connectivity index (χ2n) is 4.76. The van der Waals surface area contributed by atoms with Crippen molar-refractivity contribution in [3.05, 3.63) is 16.1 Å². The molecular formula is C12H22N2S. The molecule has 2 nitrogen and oxygen atoms in total. The Bertz CT molecular complexity index is 292. The SMILES string of the molecule is CC(C)c1csc(CC(CN)C(C)C)n1. The maximum Gasteiger partial charge on any atom is 0.0931 e. The van der Waals surface area contributed by atoms with Crippen LogP contribution in [-0.2, 0) is 6.42 Å². The fraction of sp³-hybridized carbons (Fsp3) is 0.750. The minimum atomic E-state index is 0.533. The van der Waals surface area contributed by atoms with Gasteiger partial charge in [-0.2, -0.15) is 0 Å². The van der Waals surface area contributed by atoms with Gasteiger partial charge in [0.2, 0.25) is 0 Å². The van der Waals surface area contributed by atoms with Gasteiger partial charge in [0.15, 0.2) is 0 Å². The zero-order valence-corrected chi connectivity index (χ0v) is 11.0. The van der Waals surface area contributed by atoms with Crippen LogP contribution in [0.3, 0.4) is 0 Å². The van der Waals surface area contributed by atoms with Crippen LogP contribution in [0.15, 0.2) is 5.38 Å². The van der Waals surface area contributed by atoms with Crippen molar-refractivity contribution in [2.45, 2.75) is 40.0 Å². The molecule has 0 aliphatic rings. The lowest BCUT2D eigenvalue weighted by Crippen LogP contribution is -2.22. The van der Waals surface area contributed by atoms with Crippen LogP contribution in [0.25, 0.3) is 0 Å². The molecule has 15 heavy (non-hydrogen) atoms. The van der Waals surface area contributed by atoms with E-state index in [1.165, 1.54) is 10.7 Å². The lowest BCUT2D eigenvalue weighted by atomic mass is 9.93. The fourth-order valence-electron chi connectivity index (χ4n) is 1.50. The van der Waals surface area contributed by atoms with Crippen molar-refractivity contribution in [1.82, 2.24) is 4.98 Å². The summed E-state index contributed by atoms with van der Waals surface area (Å²) in [6, 6.07) is 0. The summed E-state index contributed by atoms with van der Waals surface area (Å²) in [5.74, 6) is 1.74. The minimum Gasteiger partial charge on any atom is -0.330 e. The molecule has 1 aromatic heterocycles. The summed E-state index contributed by atoms with van der Waals surface area (Å²) in [7, 11) is 0. The Labute approximate surface area is 96.9 Å². The summed E-state index contributed by atoms with van der Waals surface area (Å²) in [4.78, 5) is 4.64. The first-order valence-corrected chi connectivity index (χ1v) is 6.57. The molecular weight excluding hydrogens is 204 g/mol. The zero-order chi connectivity index (χ0) is 11.4. The summed E-state index contributed by atoms with van der Waals surface area (Å²) in [5.41, 5.74) is 6.98. The number of thiazole rings is 1. The third kappa shape index (κ3) is 3.58. The molecule has 1 heterocycles. The Balaban J connectivity index is 2.63. The van der Waals surface area contributed by atoms with Crippen LogP contribution in [-0.4, -0.2) is 11.5 Å². The first kappa shape index (κ1) is 12.7. The van der Waals surface area contributed by atoms with Gasteiger partial charge in [0.25, 0.3) is 0 Å². The molecule has 0 fully saturated rings. The van der Waals surface area contributed by atoms with Crippen LogP contribution < -0.4 is 5.73 Å². The minimum absolute atomic E-state index is 0.533. The topological polar surface area (TPSA) is 38.9 Å². The van der Waals surface area contributed by atoms with E-state index in [0.717, 1.165) is 13.0 Å². The Morgan fingerprint density at radius 3 is 2.40 bits per heavy atom. The predicted molar refractivity (Wildman–Crippen MR) is 67.3 cm³/mol. The van der Waals surface area contributed by atoms with E-state index in [1.807, 2.05) is 0 Å². The molecule has 0 bridgehead atoms. The highest BCUT2D eigenvalue weighted by Crippen LogP contribution is 2.22. The summed E-state index contributed by atoms with van der Waals surface area (Å²) < 4.78 is 0. The average molecular weight is 226 g/mol. The standard InChI is InChI=1S/C12H22N2S/c1-8(2)10(6-13)5-12-14-11(7-15-12)9(3)4/h7-10H,5-6,13H2,1-4H3. The van der Waals surface area contributed by atoms with E-state index in [0.29, 0.717) is 17.8 Å². The molecule has 0 radical (unpaired) electrons. The predicted octanol–water partition coefficient (Wildman–Crippen LogP) is 3.04. The molecule has 0 saturated heterocycles. The highest BCUT2D eigenvalue weighted by Gasteiger charge is 2.14. The van der Waals surface area contributed by atoms with Crippen molar-refractivity contribution in [2.24, 2.45) is 17.6 Å². The molecule has 0 amide bonds. The third-order valence-corrected chi connectivity index (χ3v) is 3.73. The number of hydrogen-bond acceptors (Lipinski definition) is 3. The molecule has 0 saturated carbocycles. The van der Waals surface area contributed by atoms with Gasteiger partial charge < -0.3 is 5.73 Å². The van der Waals surface area contributed by atoms with Gasteiger partial charge in [0.1, 0.15) is 0 Å². The normalized spacial score (nSPS) is 13.8. The Morgan fingerprint density at radius 2 is 2.00 bits per heavy atom. The summed E-state index contributed by atoms with van der Waals surface area (Å²) in [6.07, 6.45) is 1.03. The van der Waals surface area contributed by atoms with E-state index >= 15 is 0 Å². The van der Waals surface area contributed by atoms with Crippen LogP contribution in [0, 0.1) is 11.8 Å². The van der Waals surface area contributed by atoms with Crippen molar-refractivity contribution in [3.63, 3.8) is 0 Å². The summed E-state index contributed by atoms with van der Waals surface area (Å²) in [6.45, 7) is 9.58. The zero-order valence-electron chi connectivity index (χ0n) is 10.2. The number of nitrogens with two attached hydrogens (primary N) is 1. The van der Waals surface area contributed by atoms with Crippen molar-refractivity contribution in [3.8, 4) is 0 Å². The number of rotatable bonds is 5. The maximum absolute atomic E-state index is 5.76. The van der Waals surface area contributed by atoms with Gasteiger partial charge in [0, 0.05) is 11.8 Å². The monoisotopic (exact) mass is 226 g/mol. The smallest absolute Gasteiger partial charge is 0.0931 e. The molecule has 3 heteroatoms. The molecule has 0 aromatic carbocycles. The van der Waals surface area contributed by atoms with Gasteiger partial charge in [-0.25, -0.2) is 4.98 Å². The van der Waals surface area contributed by atoms with Crippen molar-refractivity contribution in [2.75, 3.05) is 6.54 Å². The van der Waals surface area contributed by atoms with E-state index < -0.39 is 0 Å². The van der Waals surface area contributed by atoms with Crippen LogP contribution in [0.2, 0.25) is 0 Å². The molecule has 0 aliphatic carbocycles. The highest BCUT2D eigenvalue weighted by atomic mass is 32.1. The fourth-order valence-corrected chi connectivity index (χ4v) is 2.55. The van der Waals surface area contributed by atoms with Crippen LogP contribution in [0.5, 0.6) is 0 Å². The molecule has 1 aromatic rings. The first-order chi connectivity index (χ1) is 7.04. The van der Waals surface area contributed by atoms with E-state index in [1.54, 1.807) is 11.3 Å². The Kier molecular flexibility index (Phi) is 4.74. The quantitative estimate of drug-likeness (QED) is 0.838. The molecule has 0 spiro atoms. The molecule has 1 atom stereocenters. The number of aromatic nitrogens is 1. The van der Waals surface area contributed by atoms with E-state index in [9.17, 15) is 0 Å². The molecule has 1 rings (SSSR count). The van der Waals surface area contributed by atoms with E-state index in [-0.39, 0.29) is 0 Å². The lowest BCUT2D eigenvalue weighted by molar-refractivity contribution is 0.391. The molecule has 86 valence electrons. The largest absolute Gasteiger partial charge is 0.330 e. The summed E-state index contributed by atoms with van der Waals surface area (Å²) in [5, 5.41) is 3.41.